The zero-order valence-electron chi connectivity index (χ0n) is 16.8. The normalized spacial score (nSPS) is 16.2. The van der Waals surface area contributed by atoms with Gasteiger partial charge in [-0.15, -0.1) is 0 Å². The zero-order valence-corrected chi connectivity index (χ0v) is 17.6. The summed E-state index contributed by atoms with van der Waals surface area (Å²) in [5.74, 6) is 0.636. The predicted octanol–water partition coefficient (Wildman–Crippen LogP) is 2.55. The Morgan fingerprint density at radius 3 is 2.31 bits per heavy atom. The van der Waals surface area contributed by atoms with Crippen LogP contribution in [0.4, 0.5) is 5.69 Å². The standard InChI is InChI=1S/C21H27N3O4S/c1-17(25)22-19-6-10-21(11-7-19)29(26,27)24-13-3-12-23(14-15-24)16-18-4-8-20(28-2)9-5-18/h4-11H,3,12-16H2,1-2H3,(H,22,25). The highest BCUT2D eigenvalue weighted by atomic mass is 32.2. The molecule has 0 bridgehead atoms. The van der Waals surface area contributed by atoms with Gasteiger partial charge in [-0.3, -0.25) is 9.69 Å². The highest BCUT2D eigenvalue weighted by Gasteiger charge is 2.26. The fraction of sp³-hybridized carbons (Fsp3) is 0.381. The van der Waals surface area contributed by atoms with Crippen LogP contribution in [0.3, 0.4) is 0 Å². The van der Waals surface area contributed by atoms with Gasteiger partial charge >= 0.3 is 0 Å². The van der Waals surface area contributed by atoms with Crippen molar-refractivity contribution in [3.05, 3.63) is 54.1 Å². The number of nitrogens with one attached hydrogen (secondary N) is 1. The Hall–Kier alpha value is -2.42. The summed E-state index contributed by atoms with van der Waals surface area (Å²) in [5, 5.41) is 2.65. The Labute approximate surface area is 172 Å². The maximum absolute atomic E-state index is 13.0. The summed E-state index contributed by atoms with van der Waals surface area (Å²) in [6.07, 6.45) is 0.777. The third-order valence-electron chi connectivity index (χ3n) is 4.93. The van der Waals surface area contributed by atoms with E-state index >= 15 is 0 Å². The van der Waals surface area contributed by atoms with Crippen molar-refractivity contribution in [1.29, 1.82) is 0 Å². The number of benzene rings is 2. The van der Waals surface area contributed by atoms with Crippen LogP contribution in [0, 0.1) is 0 Å². The van der Waals surface area contributed by atoms with Gasteiger partial charge in [0.2, 0.25) is 15.9 Å². The molecular formula is C21H27N3O4S. The molecule has 0 unspecified atom stereocenters. The Bertz CT molecular complexity index is 927. The molecule has 0 radical (unpaired) electrons. The van der Waals surface area contributed by atoms with Gasteiger partial charge in [-0.2, -0.15) is 4.31 Å². The van der Waals surface area contributed by atoms with Crippen molar-refractivity contribution in [2.24, 2.45) is 0 Å². The van der Waals surface area contributed by atoms with E-state index in [2.05, 4.69) is 10.2 Å². The summed E-state index contributed by atoms with van der Waals surface area (Å²) in [5.41, 5.74) is 1.76. The third kappa shape index (κ3) is 5.56. The predicted molar refractivity (Wildman–Crippen MR) is 112 cm³/mol. The lowest BCUT2D eigenvalue weighted by atomic mass is 10.2. The fourth-order valence-electron chi connectivity index (χ4n) is 3.40. The molecule has 8 heteroatoms. The van der Waals surface area contributed by atoms with E-state index in [1.54, 1.807) is 35.7 Å². The second-order valence-electron chi connectivity index (χ2n) is 7.09. The first-order valence-electron chi connectivity index (χ1n) is 9.61. The molecule has 1 amide bonds. The summed E-state index contributed by atoms with van der Waals surface area (Å²) in [6, 6.07) is 14.3. The van der Waals surface area contributed by atoms with Crippen LogP contribution in [-0.2, 0) is 21.4 Å². The Kier molecular flexibility index (Phi) is 6.89. The van der Waals surface area contributed by atoms with Crippen molar-refractivity contribution in [3.8, 4) is 5.75 Å². The average Bonchev–Trinajstić information content (AvgIpc) is 2.95. The monoisotopic (exact) mass is 417 g/mol. The number of hydrogen-bond acceptors (Lipinski definition) is 5. The van der Waals surface area contributed by atoms with E-state index in [1.165, 1.54) is 12.5 Å². The van der Waals surface area contributed by atoms with Gasteiger partial charge in [0.05, 0.1) is 12.0 Å². The van der Waals surface area contributed by atoms with Crippen molar-refractivity contribution in [2.75, 3.05) is 38.6 Å². The lowest BCUT2D eigenvalue weighted by Crippen LogP contribution is -2.35. The van der Waals surface area contributed by atoms with Gasteiger partial charge in [0.25, 0.3) is 0 Å². The number of carbonyl (C=O) groups excluding carboxylic acids is 1. The number of amides is 1. The van der Waals surface area contributed by atoms with E-state index in [1.807, 2.05) is 24.3 Å². The highest BCUT2D eigenvalue weighted by molar-refractivity contribution is 7.89. The van der Waals surface area contributed by atoms with E-state index in [0.29, 0.717) is 25.3 Å². The second kappa shape index (κ2) is 9.39. The molecule has 1 fully saturated rings. The van der Waals surface area contributed by atoms with Gasteiger partial charge < -0.3 is 10.1 Å². The lowest BCUT2D eigenvalue weighted by molar-refractivity contribution is -0.114. The molecular weight excluding hydrogens is 390 g/mol. The minimum Gasteiger partial charge on any atom is -0.497 e. The molecule has 156 valence electrons. The molecule has 2 aromatic rings. The molecule has 0 aromatic heterocycles. The Morgan fingerprint density at radius 2 is 1.69 bits per heavy atom. The van der Waals surface area contributed by atoms with E-state index in [4.69, 9.17) is 4.74 Å². The number of ether oxygens (including phenoxy) is 1. The van der Waals surface area contributed by atoms with Crippen LogP contribution in [0.25, 0.3) is 0 Å². The van der Waals surface area contributed by atoms with Crippen molar-refractivity contribution < 1.29 is 17.9 Å². The molecule has 0 atom stereocenters. The third-order valence-corrected chi connectivity index (χ3v) is 6.84. The molecule has 0 spiro atoms. The van der Waals surface area contributed by atoms with Crippen molar-refractivity contribution in [3.63, 3.8) is 0 Å². The van der Waals surface area contributed by atoms with Crippen molar-refractivity contribution in [1.82, 2.24) is 9.21 Å². The largest absolute Gasteiger partial charge is 0.497 e. The molecule has 0 aliphatic carbocycles. The zero-order chi connectivity index (χ0) is 20.9. The van der Waals surface area contributed by atoms with Gasteiger partial charge in [-0.05, 0) is 54.9 Å². The average molecular weight is 418 g/mol. The summed E-state index contributed by atoms with van der Waals surface area (Å²) in [7, 11) is -1.91. The van der Waals surface area contributed by atoms with Crippen LogP contribution in [0.1, 0.15) is 18.9 Å². The first-order valence-corrected chi connectivity index (χ1v) is 11.1. The number of rotatable bonds is 6. The number of nitrogens with zero attached hydrogens (tertiary/aromatic N) is 2. The molecule has 1 aliphatic heterocycles. The second-order valence-corrected chi connectivity index (χ2v) is 9.03. The van der Waals surface area contributed by atoms with Crippen LogP contribution in [-0.4, -0.2) is 56.8 Å². The SMILES string of the molecule is COc1ccc(CN2CCCN(S(=O)(=O)c3ccc(NC(C)=O)cc3)CC2)cc1. The smallest absolute Gasteiger partial charge is 0.243 e. The molecule has 1 aliphatic rings. The molecule has 3 rings (SSSR count). The molecule has 1 heterocycles. The van der Waals surface area contributed by atoms with E-state index in [-0.39, 0.29) is 10.8 Å². The van der Waals surface area contributed by atoms with Gasteiger partial charge in [-0.25, -0.2) is 8.42 Å². The van der Waals surface area contributed by atoms with Crippen LogP contribution in [0.2, 0.25) is 0 Å². The first-order chi connectivity index (χ1) is 13.9. The van der Waals surface area contributed by atoms with E-state index in [0.717, 1.165) is 25.3 Å². The van der Waals surface area contributed by atoms with Crippen LogP contribution >= 0.6 is 0 Å². The van der Waals surface area contributed by atoms with Gasteiger partial charge in [0, 0.05) is 38.8 Å². The Balaban J connectivity index is 1.63. The molecule has 1 N–H and O–H groups in total. The van der Waals surface area contributed by atoms with E-state index < -0.39 is 10.0 Å². The van der Waals surface area contributed by atoms with Crippen LogP contribution in [0.5, 0.6) is 5.75 Å². The summed E-state index contributed by atoms with van der Waals surface area (Å²) in [4.78, 5) is 13.6. The minimum absolute atomic E-state index is 0.190. The van der Waals surface area contributed by atoms with Crippen LogP contribution < -0.4 is 10.1 Å². The van der Waals surface area contributed by atoms with E-state index in [9.17, 15) is 13.2 Å². The number of carbonyl (C=O) groups is 1. The van der Waals surface area contributed by atoms with Gasteiger partial charge in [0.1, 0.15) is 5.75 Å². The molecule has 2 aromatic carbocycles. The maximum Gasteiger partial charge on any atom is 0.243 e. The van der Waals surface area contributed by atoms with Crippen molar-refractivity contribution >= 4 is 21.6 Å². The number of hydrogen-bond donors (Lipinski definition) is 1. The topological polar surface area (TPSA) is 79.0 Å². The molecule has 7 nitrogen and oxygen atoms in total. The van der Waals surface area contributed by atoms with Gasteiger partial charge in [0.15, 0.2) is 0 Å². The number of anilines is 1. The molecule has 0 saturated carbocycles. The first kappa shape index (κ1) is 21.3. The molecule has 29 heavy (non-hydrogen) atoms. The summed E-state index contributed by atoms with van der Waals surface area (Å²) >= 11 is 0. The highest BCUT2D eigenvalue weighted by Crippen LogP contribution is 2.21. The minimum atomic E-state index is -3.56. The summed E-state index contributed by atoms with van der Waals surface area (Å²) < 4.78 is 32.8. The quantitative estimate of drug-likeness (QED) is 0.782. The van der Waals surface area contributed by atoms with Gasteiger partial charge in [-0.1, -0.05) is 12.1 Å². The molecule has 1 saturated heterocycles. The number of sulfonamides is 1. The van der Waals surface area contributed by atoms with Crippen LogP contribution in [0.15, 0.2) is 53.4 Å². The lowest BCUT2D eigenvalue weighted by Gasteiger charge is -2.22. The summed E-state index contributed by atoms with van der Waals surface area (Å²) in [6.45, 7) is 4.67. The fourth-order valence-corrected chi connectivity index (χ4v) is 4.87. The maximum atomic E-state index is 13.0. The Morgan fingerprint density at radius 1 is 1.00 bits per heavy atom. The number of methoxy groups -OCH3 is 1. The van der Waals surface area contributed by atoms with Crippen molar-refractivity contribution in [2.45, 2.75) is 24.8 Å².